The topological polar surface area (TPSA) is 57.6 Å². The molecule has 4 heteroatoms. The molecule has 0 spiro atoms. The van der Waals surface area contributed by atoms with Gasteiger partial charge < -0.3 is 10.0 Å². The summed E-state index contributed by atoms with van der Waals surface area (Å²) >= 11 is 0. The molecular weight excluding hydrogens is 206 g/mol. The zero-order valence-electron chi connectivity index (χ0n) is 9.69. The number of rotatable bonds is 6. The summed E-state index contributed by atoms with van der Waals surface area (Å²) in [7, 11) is 0. The number of aliphatic carboxylic acids is 1. The third-order valence-corrected chi connectivity index (χ3v) is 3.01. The normalized spacial score (nSPS) is 22.2. The van der Waals surface area contributed by atoms with E-state index in [9.17, 15) is 9.59 Å². The van der Waals surface area contributed by atoms with Crippen molar-refractivity contribution in [2.45, 2.75) is 38.6 Å². The molecule has 0 bridgehead atoms. The highest BCUT2D eigenvalue weighted by molar-refractivity contribution is 5.85. The summed E-state index contributed by atoms with van der Waals surface area (Å²) in [6.45, 7) is 6.17. The summed E-state index contributed by atoms with van der Waals surface area (Å²) in [4.78, 5) is 24.3. The molecule has 0 aromatic rings. The number of hydrogen-bond donors (Lipinski definition) is 1. The Hall–Kier alpha value is -1.32. The van der Waals surface area contributed by atoms with Crippen molar-refractivity contribution in [2.75, 3.05) is 6.54 Å². The molecule has 90 valence electrons. The summed E-state index contributed by atoms with van der Waals surface area (Å²) in [5.74, 6) is -0.851. The van der Waals surface area contributed by atoms with Crippen molar-refractivity contribution < 1.29 is 14.7 Å². The van der Waals surface area contributed by atoms with Gasteiger partial charge in [0, 0.05) is 18.9 Å². The van der Waals surface area contributed by atoms with E-state index in [0.29, 0.717) is 19.4 Å². The number of unbranched alkanes of at least 4 members (excludes halogenated alkanes) is 1. The maximum Gasteiger partial charge on any atom is 0.326 e. The van der Waals surface area contributed by atoms with Gasteiger partial charge >= 0.3 is 5.97 Å². The molecule has 1 heterocycles. The van der Waals surface area contributed by atoms with E-state index in [1.54, 1.807) is 6.08 Å². The van der Waals surface area contributed by atoms with E-state index in [-0.39, 0.29) is 11.8 Å². The quantitative estimate of drug-likeness (QED) is 0.699. The first-order chi connectivity index (χ1) is 7.60. The molecule has 0 aliphatic carbocycles. The van der Waals surface area contributed by atoms with E-state index in [4.69, 9.17) is 5.11 Å². The van der Waals surface area contributed by atoms with Gasteiger partial charge in [0.15, 0.2) is 0 Å². The van der Waals surface area contributed by atoms with Crippen LogP contribution in [-0.4, -0.2) is 34.5 Å². The zero-order chi connectivity index (χ0) is 12.1. The second-order valence-corrected chi connectivity index (χ2v) is 4.24. The van der Waals surface area contributed by atoms with Gasteiger partial charge in [-0.15, -0.1) is 6.58 Å². The van der Waals surface area contributed by atoms with Crippen LogP contribution in [0.5, 0.6) is 0 Å². The molecule has 1 aliphatic heterocycles. The van der Waals surface area contributed by atoms with Crippen LogP contribution in [0.15, 0.2) is 12.7 Å². The van der Waals surface area contributed by atoms with E-state index in [1.165, 1.54) is 4.90 Å². The van der Waals surface area contributed by atoms with Crippen LogP contribution in [0.4, 0.5) is 0 Å². The number of nitrogens with zero attached hydrogens (tertiary/aromatic N) is 1. The molecule has 16 heavy (non-hydrogen) atoms. The number of carbonyl (C=O) groups excluding carboxylic acids is 1. The third kappa shape index (κ3) is 2.84. The number of carbonyl (C=O) groups is 2. The number of amides is 1. The van der Waals surface area contributed by atoms with Crippen molar-refractivity contribution >= 4 is 11.9 Å². The Morgan fingerprint density at radius 2 is 2.44 bits per heavy atom. The van der Waals surface area contributed by atoms with Crippen LogP contribution < -0.4 is 0 Å². The molecule has 4 nitrogen and oxygen atoms in total. The van der Waals surface area contributed by atoms with Crippen molar-refractivity contribution in [3.05, 3.63) is 12.7 Å². The summed E-state index contributed by atoms with van der Waals surface area (Å²) in [5, 5.41) is 9.12. The van der Waals surface area contributed by atoms with Gasteiger partial charge in [-0.05, 0) is 6.42 Å². The lowest BCUT2D eigenvalue weighted by atomic mass is 10.1. The maximum atomic E-state index is 11.7. The highest BCUT2D eigenvalue weighted by Gasteiger charge is 2.35. The number of hydrogen-bond acceptors (Lipinski definition) is 2. The van der Waals surface area contributed by atoms with Gasteiger partial charge in [-0.3, -0.25) is 4.79 Å². The van der Waals surface area contributed by atoms with Crippen LogP contribution in [0, 0.1) is 5.92 Å². The Bertz CT molecular complexity index is 288. The Morgan fingerprint density at radius 3 is 2.88 bits per heavy atom. The van der Waals surface area contributed by atoms with Crippen molar-refractivity contribution in [3.8, 4) is 0 Å². The minimum absolute atomic E-state index is 0.0617. The Kier molecular flexibility index (Phi) is 4.52. The summed E-state index contributed by atoms with van der Waals surface area (Å²) in [6, 6.07) is -0.655. The number of carboxylic acid groups (broad SMARTS) is 1. The molecule has 0 radical (unpaired) electrons. The van der Waals surface area contributed by atoms with E-state index in [1.807, 2.05) is 6.92 Å². The van der Waals surface area contributed by atoms with Crippen molar-refractivity contribution in [1.29, 1.82) is 0 Å². The van der Waals surface area contributed by atoms with E-state index >= 15 is 0 Å². The van der Waals surface area contributed by atoms with Gasteiger partial charge in [0.2, 0.25) is 5.91 Å². The predicted molar refractivity (Wildman–Crippen MR) is 61.0 cm³/mol. The molecule has 1 rings (SSSR count). The summed E-state index contributed by atoms with van der Waals surface area (Å²) in [5.41, 5.74) is 0. The fourth-order valence-corrected chi connectivity index (χ4v) is 2.03. The molecule has 0 aromatic carbocycles. The minimum atomic E-state index is -0.897. The Morgan fingerprint density at radius 1 is 1.75 bits per heavy atom. The molecule has 1 aliphatic rings. The van der Waals surface area contributed by atoms with Crippen LogP contribution in [0.3, 0.4) is 0 Å². The first-order valence-corrected chi connectivity index (χ1v) is 5.75. The summed E-state index contributed by atoms with van der Waals surface area (Å²) in [6.07, 6.45) is 4.45. The van der Waals surface area contributed by atoms with Crippen LogP contribution in [0.25, 0.3) is 0 Å². The maximum absolute atomic E-state index is 11.7. The summed E-state index contributed by atoms with van der Waals surface area (Å²) < 4.78 is 0. The fourth-order valence-electron chi connectivity index (χ4n) is 2.03. The van der Waals surface area contributed by atoms with Crippen LogP contribution in [0.2, 0.25) is 0 Å². The largest absolute Gasteiger partial charge is 0.480 e. The predicted octanol–water partition coefficient (Wildman–Crippen LogP) is 1.66. The molecule has 1 fully saturated rings. The molecule has 0 aromatic heterocycles. The van der Waals surface area contributed by atoms with Crippen LogP contribution in [-0.2, 0) is 9.59 Å². The van der Waals surface area contributed by atoms with Crippen molar-refractivity contribution in [1.82, 2.24) is 4.90 Å². The molecule has 0 saturated carbocycles. The average Bonchev–Trinajstić information content (AvgIpc) is 2.60. The zero-order valence-corrected chi connectivity index (χ0v) is 9.69. The average molecular weight is 225 g/mol. The second kappa shape index (κ2) is 5.68. The number of likely N-dealkylation sites (tertiary alicyclic amines) is 1. The standard InChI is InChI=1S/C12H19NO3/c1-3-5-6-10(12(15)16)13-8-9(4-2)7-11(13)14/h4,9-10H,2-3,5-8H2,1H3,(H,15,16)/t9?,10-/m0/s1. The van der Waals surface area contributed by atoms with Crippen molar-refractivity contribution in [3.63, 3.8) is 0 Å². The van der Waals surface area contributed by atoms with Gasteiger partial charge in [0.1, 0.15) is 6.04 Å². The smallest absolute Gasteiger partial charge is 0.326 e. The minimum Gasteiger partial charge on any atom is -0.480 e. The SMILES string of the molecule is C=CC1CC(=O)N([C@@H](CCCC)C(=O)O)C1. The van der Waals surface area contributed by atoms with Gasteiger partial charge in [-0.2, -0.15) is 0 Å². The van der Waals surface area contributed by atoms with Crippen molar-refractivity contribution in [2.24, 2.45) is 5.92 Å². The number of carboxylic acids is 1. The van der Waals surface area contributed by atoms with Crippen LogP contribution in [0.1, 0.15) is 32.6 Å². The highest BCUT2D eigenvalue weighted by Crippen LogP contribution is 2.23. The molecule has 1 unspecified atom stereocenters. The van der Waals surface area contributed by atoms with E-state index < -0.39 is 12.0 Å². The molecule has 2 atom stereocenters. The second-order valence-electron chi connectivity index (χ2n) is 4.24. The third-order valence-electron chi connectivity index (χ3n) is 3.01. The Balaban J connectivity index is 2.67. The molecule has 1 amide bonds. The van der Waals surface area contributed by atoms with Crippen LogP contribution >= 0.6 is 0 Å². The molecule has 1 N–H and O–H groups in total. The fraction of sp³-hybridized carbons (Fsp3) is 0.667. The van der Waals surface area contributed by atoms with Gasteiger partial charge in [-0.25, -0.2) is 4.79 Å². The van der Waals surface area contributed by atoms with E-state index in [2.05, 4.69) is 6.58 Å². The first-order valence-electron chi connectivity index (χ1n) is 5.75. The Labute approximate surface area is 95.9 Å². The lowest BCUT2D eigenvalue weighted by Crippen LogP contribution is -2.42. The molecular formula is C12H19NO3. The monoisotopic (exact) mass is 225 g/mol. The van der Waals surface area contributed by atoms with E-state index in [0.717, 1.165) is 12.8 Å². The highest BCUT2D eigenvalue weighted by atomic mass is 16.4. The van der Waals surface area contributed by atoms with Gasteiger partial charge in [-0.1, -0.05) is 25.8 Å². The lowest BCUT2D eigenvalue weighted by Gasteiger charge is -2.24. The molecule has 1 saturated heterocycles. The van der Waals surface area contributed by atoms with Gasteiger partial charge in [0.25, 0.3) is 0 Å². The first kappa shape index (κ1) is 12.7. The van der Waals surface area contributed by atoms with Gasteiger partial charge in [0.05, 0.1) is 0 Å². The lowest BCUT2D eigenvalue weighted by molar-refractivity contribution is -0.148.